The molecule has 104 valence electrons. The summed E-state index contributed by atoms with van der Waals surface area (Å²) in [4.78, 5) is 6.51. The van der Waals surface area contributed by atoms with Crippen LogP contribution in [0.1, 0.15) is 31.0 Å². The first-order valence-corrected chi connectivity index (χ1v) is 6.98. The maximum absolute atomic E-state index is 5.90. The van der Waals surface area contributed by atoms with E-state index in [0.717, 1.165) is 44.0 Å². The minimum atomic E-state index is 0.230. The lowest BCUT2D eigenvalue weighted by molar-refractivity contribution is 0.421. The lowest BCUT2D eigenvalue weighted by Crippen LogP contribution is -2.27. The standard InChI is InChI=1S/C13H16N6O/c14-9-5-6-19(7-9)11-4-3-10(16-17-11)13-15-12(18-20-13)8-1-2-8/h3-4,8-9H,1-2,5-7,14H2. The normalized spacial score (nSPS) is 22.4. The van der Waals surface area contributed by atoms with Crippen molar-refractivity contribution < 1.29 is 4.52 Å². The lowest BCUT2D eigenvalue weighted by Gasteiger charge is -2.15. The van der Waals surface area contributed by atoms with Crippen LogP contribution in [0.2, 0.25) is 0 Å². The van der Waals surface area contributed by atoms with Crippen LogP contribution in [-0.2, 0) is 0 Å². The predicted octanol–water partition coefficient (Wildman–Crippen LogP) is 0.941. The van der Waals surface area contributed by atoms with Gasteiger partial charge in [0.2, 0.25) is 0 Å². The van der Waals surface area contributed by atoms with Gasteiger partial charge in [-0.1, -0.05) is 5.16 Å². The van der Waals surface area contributed by atoms with Gasteiger partial charge < -0.3 is 15.2 Å². The smallest absolute Gasteiger partial charge is 0.278 e. The molecule has 0 aromatic carbocycles. The summed E-state index contributed by atoms with van der Waals surface area (Å²) in [6.45, 7) is 1.77. The van der Waals surface area contributed by atoms with Gasteiger partial charge in [-0.2, -0.15) is 4.98 Å². The Morgan fingerprint density at radius 2 is 2.10 bits per heavy atom. The first-order valence-electron chi connectivity index (χ1n) is 6.98. The van der Waals surface area contributed by atoms with Crippen molar-refractivity contribution in [2.75, 3.05) is 18.0 Å². The van der Waals surface area contributed by atoms with Gasteiger partial charge in [0.25, 0.3) is 5.89 Å². The molecule has 2 aromatic rings. The Hall–Kier alpha value is -2.02. The van der Waals surface area contributed by atoms with Gasteiger partial charge in [-0.05, 0) is 31.4 Å². The van der Waals surface area contributed by atoms with Crippen molar-refractivity contribution in [3.63, 3.8) is 0 Å². The number of hydrogen-bond donors (Lipinski definition) is 1. The Labute approximate surface area is 116 Å². The third-order valence-electron chi connectivity index (χ3n) is 3.80. The van der Waals surface area contributed by atoms with E-state index in [1.54, 1.807) is 0 Å². The fourth-order valence-corrected chi connectivity index (χ4v) is 2.45. The van der Waals surface area contributed by atoms with Gasteiger partial charge in [-0.25, -0.2) is 0 Å². The molecule has 1 aliphatic heterocycles. The van der Waals surface area contributed by atoms with Crippen LogP contribution in [0.5, 0.6) is 0 Å². The summed E-state index contributed by atoms with van der Waals surface area (Å²) in [5.41, 5.74) is 6.52. The van der Waals surface area contributed by atoms with E-state index in [0.29, 0.717) is 17.5 Å². The van der Waals surface area contributed by atoms with Crippen molar-refractivity contribution in [2.45, 2.75) is 31.2 Å². The van der Waals surface area contributed by atoms with Gasteiger partial charge in [0, 0.05) is 25.0 Å². The largest absolute Gasteiger partial charge is 0.354 e. The Kier molecular flexibility index (Phi) is 2.66. The fourth-order valence-electron chi connectivity index (χ4n) is 2.45. The number of rotatable bonds is 3. The SMILES string of the molecule is NC1CCN(c2ccc(-c3nc(C4CC4)no3)nn2)C1. The van der Waals surface area contributed by atoms with Gasteiger partial charge in [0.1, 0.15) is 0 Å². The molecule has 1 aliphatic carbocycles. The first-order chi connectivity index (χ1) is 9.79. The molecule has 2 fully saturated rings. The monoisotopic (exact) mass is 272 g/mol. The van der Waals surface area contributed by atoms with E-state index in [4.69, 9.17) is 10.3 Å². The van der Waals surface area contributed by atoms with Gasteiger partial charge in [-0.3, -0.25) is 0 Å². The van der Waals surface area contributed by atoms with E-state index in [9.17, 15) is 0 Å². The van der Waals surface area contributed by atoms with E-state index in [-0.39, 0.29) is 6.04 Å². The minimum absolute atomic E-state index is 0.230. The van der Waals surface area contributed by atoms with Gasteiger partial charge in [0.05, 0.1) is 0 Å². The lowest BCUT2D eigenvalue weighted by atomic mass is 10.3. The topological polar surface area (TPSA) is 94.0 Å². The highest BCUT2D eigenvalue weighted by Crippen LogP contribution is 2.38. The first kappa shape index (κ1) is 11.8. The van der Waals surface area contributed by atoms with E-state index in [1.165, 1.54) is 0 Å². The average molecular weight is 272 g/mol. The van der Waals surface area contributed by atoms with Crippen molar-refractivity contribution in [1.29, 1.82) is 0 Å². The predicted molar refractivity (Wildman–Crippen MR) is 72.1 cm³/mol. The summed E-state index contributed by atoms with van der Waals surface area (Å²) in [7, 11) is 0. The Balaban J connectivity index is 1.53. The second kappa shape index (κ2) is 4.52. The maximum Gasteiger partial charge on any atom is 0.278 e. The number of hydrogen-bond acceptors (Lipinski definition) is 7. The highest BCUT2D eigenvalue weighted by molar-refractivity contribution is 5.50. The highest BCUT2D eigenvalue weighted by atomic mass is 16.5. The van der Waals surface area contributed by atoms with Gasteiger partial charge in [-0.15, -0.1) is 10.2 Å². The molecule has 1 unspecified atom stereocenters. The molecule has 0 spiro atoms. The molecule has 7 heteroatoms. The zero-order valence-corrected chi connectivity index (χ0v) is 11.1. The van der Waals surface area contributed by atoms with Crippen LogP contribution in [0.3, 0.4) is 0 Å². The number of aromatic nitrogens is 4. The van der Waals surface area contributed by atoms with Crippen molar-refractivity contribution >= 4 is 5.82 Å². The molecule has 2 N–H and O–H groups in total. The third kappa shape index (κ3) is 2.14. The number of nitrogens with zero attached hydrogens (tertiary/aromatic N) is 5. The molecule has 3 heterocycles. The minimum Gasteiger partial charge on any atom is -0.354 e. The fraction of sp³-hybridized carbons (Fsp3) is 0.538. The molecule has 2 aliphatic rings. The van der Waals surface area contributed by atoms with Crippen LogP contribution < -0.4 is 10.6 Å². The molecule has 7 nitrogen and oxygen atoms in total. The summed E-state index contributed by atoms with van der Waals surface area (Å²) in [6, 6.07) is 4.03. The van der Waals surface area contributed by atoms with E-state index >= 15 is 0 Å². The van der Waals surface area contributed by atoms with E-state index in [1.807, 2.05) is 12.1 Å². The van der Waals surface area contributed by atoms with Crippen molar-refractivity contribution in [3.8, 4) is 11.6 Å². The molecule has 2 aromatic heterocycles. The van der Waals surface area contributed by atoms with Crippen LogP contribution in [0, 0.1) is 0 Å². The van der Waals surface area contributed by atoms with E-state index in [2.05, 4.69) is 25.2 Å². The second-order valence-electron chi connectivity index (χ2n) is 5.50. The van der Waals surface area contributed by atoms with Gasteiger partial charge in [0.15, 0.2) is 17.3 Å². The maximum atomic E-state index is 5.90. The van der Waals surface area contributed by atoms with Gasteiger partial charge >= 0.3 is 0 Å². The van der Waals surface area contributed by atoms with Crippen LogP contribution in [0.4, 0.5) is 5.82 Å². The molecular formula is C13H16N6O. The summed E-state index contributed by atoms with van der Waals surface area (Å²) in [6.07, 6.45) is 3.30. The Bertz CT molecular complexity index is 606. The molecule has 1 atom stereocenters. The number of nitrogens with two attached hydrogens (primary N) is 1. The van der Waals surface area contributed by atoms with Crippen LogP contribution in [0.25, 0.3) is 11.6 Å². The zero-order valence-electron chi connectivity index (χ0n) is 11.1. The molecule has 20 heavy (non-hydrogen) atoms. The highest BCUT2D eigenvalue weighted by Gasteiger charge is 2.29. The molecule has 0 bridgehead atoms. The third-order valence-corrected chi connectivity index (χ3v) is 3.80. The molecule has 0 radical (unpaired) electrons. The molecular weight excluding hydrogens is 256 g/mol. The second-order valence-corrected chi connectivity index (χ2v) is 5.50. The van der Waals surface area contributed by atoms with Crippen molar-refractivity contribution in [3.05, 3.63) is 18.0 Å². The summed E-state index contributed by atoms with van der Waals surface area (Å²) in [5, 5.41) is 12.4. The van der Waals surface area contributed by atoms with Crippen molar-refractivity contribution in [1.82, 2.24) is 20.3 Å². The molecule has 0 amide bonds. The summed E-state index contributed by atoms with van der Waals surface area (Å²) >= 11 is 0. The van der Waals surface area contributed by atoms with Crippen LogP contribution in [0.15, 0.2) is 16.7 Å². The molecule has 4 rings (SSSR count). The zero-order chi connectivity index (χ0) is 13.5. The Morgan fingerprint density at radius 1 is 1.20 bits per heavy atom. The van der Waals surface area contributed by atoms with Crippen molar-refractivity contribution in [2.24, 2.45) is 5.73 Å². The Morgan fingerprint density at radius 3 is 2.75 bits per heavy atom. The quantitative estimate of drug-likeness (QED) is 0.888. The summed E-state index contributed by atoms with van der Waals surface area (Å²) < 4.78 is 5.24. The molecule has 1 saturated heterocycles. The number of anilines is 1. The van der Waals surface area contributed by atoms with E-state index < -0.39 is 0 Å². The summed E-state index contributed by atoms with van der Waals surface area (Å²) in [5.74, 6) is 2.56. The van der Waals surface area contributed by atoms with Crippen LogP contribution >= 0.6 is 0 Å². The molecule has 1 saturated carbocycles. The average Bonchev–Trinajstić information content (AvgIpc) is 3.04. The van der Waals surface area contributed by atoms with Crippen LogP contribution in [-0.4, -0.2) is 39.5 Å².